The second-order valence-corrected chi connectivity index (χ2v) is 5.59. The number of benzene rings is 2. The second kappa shape index (κ2) is 4.53. The van der Waals surface area contributed by atoms with Gasteiger partial charge in [0, 0.05) is 13.4 Å². The van der Waals surface area contributed by atoms with Gasteiger partial charge in [-0.3, -0.25) is 0 Å². The minimum absolute atomic E-state index is 0.0458. The first kappa shape index (κ1) is 11.6. The molecule has 2 aromatic rings. The first-order chi connectivity index (χ1) is 7.15. The molecule has 0 aliphatic rings. The van der Waals surface area contributed by atoms with Crippen LogP contribution in [0.5, 0.6) is 0 Å². The first-order valence-corrected chi connectivity index (χ1v) is 6.69. The van der Waals surface area contributed by atoms with Gasteiger partial charge in [-0.25, -0.2) is 0 Å². The zero-order valence-corrected chi connectivity index (χ0v) is 12.4. The van der Waals surface area contributed by atoms with Gasteiger partial charge in [0.2, 0.25) is 0 Å². The van der Waals surface area contributed by atoms with Gasteiger partial charge in [-0.1, -0.05) is 18.2 Å². The molecule has 0 heterocycles. The van der Waals surface area contributed by atoms with Crippen molar-refractivity contribution in [1.82, 2.24) is 0 Å². The van der Waals surface area contributed by atoms with Gasteiger partial charge in [0.1, 0.15) is 0 Å². The highest BCUT2D eigenvalue weighted by atomic mass is 79.9. The largest absolute Gasteiger partial charge is 0.392 e. The zero-order valence-electron chi connectivity index (χ0n) is 7.60. The highest BCUT2D eigenvalue weighted by Crippen LogP contribution is 2.36. The average molecular weight is 395 g/mol. The van der Waals surface area contributed by atoms with Gasteiger partial charge >= 0.3 is 0 Å². The highest BCUT2D eigenvalue weighted by molar-refractivity contribution is 9.13. The van der Waals surface area contributed by atoms with Crippen LogP contribution < -0.4 is 0 Å². The topological polar surface area (TPSA) is 20.2 Å². The number of fused-ring (bicyclic) bond motifs is 1. The lowest BCUT2D eigenvalue weighted by molar-refractivity contribution is 0.281. The molecular weight excluding hydrogens is 388 g/mol. The summed E-state index contributed by atoms with van der Waals surface area (Å²) in [5.41, 5.74) is 0.900. The van der Waals surface area contributed by atoms with Crippen LogP contribution in [-0.4, -0.2) is 5.11 Å². The monoisotopic (exact) mass is 392 g/mol. The van der Waals surface area contributed by atoms with Crippen molar-refractivity contribution in [2.75, 3.05) is 0 Å². The molecule has 0 unspecified atom stereocenters. The van der Waals surface area contributed by atoms with E-state index in [0.717, 1.165) is 29.8 Å². The lowest BCUT2D eigenvalue weighted by atomic mass is 10.1. The smallest absolute Gasteiger partial charge is 0.0693 e. The van der Waals surface area contributed by atoms with Gasteiger partial charge in [-0.15, -0.1) is 0 Å². The van der Waals surface area contributed by atoms with Crippen LogP contribution in [0.4, 0.5) is 0 Å². The molecule has 2 rings (SSSR count). The van der Waals surface area contributed by atoms with E-state index in [0.29, 0.717) is 0 Å². The molecule has 1 nitrogen and oxygen atoms in total. The maximum atomic E-state index is 9.15. The van der Waals surface area contributed by atoms with Crippen molar-refractivity contribution in [3.63, 3.8) is 0 Å². The lowest BCUT2D eigenvalue weighted by Gasteiger charge is -2.08. The molecule has 0 aromatic heterocycles. The van der Waals surface area contributed by atoms with E-state index in [1.807, 2.05) is 24.3 Å². The van der Waals surface area contributed by atoms with Crippen molar-refractivity contribution in [2.45, 2.75) is 6.61 Å². The summed E-state index contributed by atoms with van der Waals surface area (Å²) in [6.45, 7) is 0.0458. The van der Waals surface area contributed by atoms with E-state index < -0.39 is 0 Å². The van der Waals surface area contributed by atoms with Gasteiger partial charge in [-0.2, -0.15) is 0 Å². The molecule has 0 bridgehead atoms. The number of aliphatic hydroxyl groups excluding tert-OH is 1. The van der Waals surface area contributed by atoms with Crippen LogP contribution in [0.25, 0.3) is 10.8 Å². The molecule has 15 heavy (non-hydrogen) atoms. The van der Waals surface area contributed by atoms with Gasteiger partial charge in [0.15, 0.2) is 0 Å². The van der Waals surface area contributed by atoms with E-state index in [2.05, 4.69) is 47.8 Å². The van der Waals surface area contributed by atoms with Crippen molar-refractivity contribution in [2.24, 2.45) is 0 Å². The highest BCUT2D eigenvalue weighted by Gasteiger charge is 2.08. The Kier molecular flexibility index (Phi) is 3.50. The summed E-state index contributed by atoms with van der Waals surface area (Å²) in [6.07, 6.45) is 0. The van der Waals surface area contributed by atoms with Crippen molar-refractivity contribution in [1.29, 1.82) is 0 Å². The minimum atomic E-state index is 0.0458. The van der Waals surface area contributed by atoms with Crippen molar-refractivity contribution >= 4 is 58.6 Å². The van der Waals surface area contributed by atoms with Crippen molar-refractivity contribution < 1.29 is 5.11 Å². The Labute approximate surface area is 113 Å². The van der Waals surface area contributed by atoms with Crippen LogP contribution in [0.15, 0.2) is 37.7 Å². The Balaban J connectivity index is 2.85. The predicted octanol–water partition coefficient (Wildman–Crippen LogP) is 4.62. The molecule has 2 aromatic carbocycles. The molecule has 78 valence electrons. The third-order valence-electron chi connectivity index (χ3n) is 2.27. The Hall–Kier alpha value is 0.1000. The Morgan fingerprint density at radius 2 is 1.47 bits per heavy atom. The molecule has 0 spiro atoms. The molecule has 0 aliphatic carbocycles. The summed E-state index contributed by atoms with van der Waals surface area (Å²) in [7, 11) is 0. The third-order valence-corrected chi connectivity index (χ3v) is 5.26. The molecule has 0 amide bonds. The third kappa shape index (κ3) is 2.00. The normalized spacial score (nSPS) is 10.9. The number of aliphatic hydroxyl groups is 1. The first-order valence-electron chi connectivity index (χ1n) is 4.31. The van der Waals surface area contributed by atoms with Crippen LogP contribution in [0.1, 0.15) is 5.56 Å². The minimum Gasteiger partial charge on any atom is -0.392 e. The molecule has 0 aliphatic heterocycles. The van der Waals surface area contributed by atoms with Gasteiger partial charge in [0.25, 0.3) is 0 Å². The van der Waals surface area contributed by atoms with E-state index >= 15 is 0 Å². The molecule has 4 heteroatoms. The molecule has 0 fully saturated rings. The standard InChI is InChI=1S/C11H7Br3O/c12-9-4-3-7-8(11(9)14)2-1-6(5-15)10(7)13/h1-4,15H,5H2. The summed E-state index contributed by atoms with van der Waals surface area (Å²) in [6, 6.07) is 7.93. The van der Waals surface area contributed by atoms with Gasteiger partial charge in [0.05, 0.1) is 6.61 Å². The number of hydrogen-bond acceptors (Lipinski definition) is 1. The van der Waals surface area contributed by atoms with E-state index in [9.17, 15) is 0 Å². The van der Waals surface area contributed by atoms with Crippen LogP contribution in [0.2, 0.25) is 0 Å². The zero-order chi connectivity index (χ0) is 11.0. The summed E-state index contributed by atoms with van der Waals surface area (Å²) in [5.74, 6) is 0. The van der Waals surface area contributed by atoms with Crippen LogP contribution in [-0.2, 0) is 6.61 Å². The molecule has 0 saturated heterocycles. The number of hydrogen-bond donors (Lipinski definition) is 1. The summed E-state index contributed by atoms with van der Waals surface area (Å²) < 4.78 is 3.01. The van der Waals surface area contributed by atoms with E-state index in [1.165, 1.54) is 0 Å². The quantitative estimate of drug-likeness (QED) is 0.748. The summed E-state index contributed by atoms with van der Waals surface area (Å²) in [4.78, 5) is 0. The van der Waals surface area contributed by atoms with Crippen LogP contribution in [0.3, 0.4) is 0 Å². The van der Waals surface area contributed by atoms with Gasteiger partial charge < -0.3 is 5.11 Å². The molecule has 1 N–H and O–H groups in total. The van der Waals surface area contributed by atoms with Crippen molar-refractivity contribution in [3.05, 3.63) is 43.2 Å². The fourth-order valence-electron chi connectivity index (χ4n) is 1.47. The van der Waals surface area contributed by atoms with E-state index in [-0.39, 0.29) is 6.61 Å². The maximum absolute atomic E-state index is 9.15. The molecule has 0 atom stereocenters. The summed E-state index contributed by atoms with van der Waals surface area (Å²) in [5, 5.41) is 11.4. The second-order valence-electron chi connectivity index (χ2n) is 3.15. The van der Waals surface area contributed by atoms with Crippen molar-refractivity contribution in [3.8, 4) is 0 Å². The SMILES string of the molecule is OCc1ccc2c(Br)c(Br)ccc2c1Br. The maximum Gasteiger partial charge on any atom is 0.0693 e. The lowest BCUT2D eigenvalue weighted by Crippen LogP contribution is -1.87. The summed E-state index contributed by atoms with van der Waals surface area (Å²) >= 11 is 10.5. The molecule has 0 radical (unpaired) electrons. The molecular formula is C11H7Br3O. The predicted molar refractivity (Wildman–Crippen MR) is 73.0 cm³/mol. The van der Waals surface area contributed by atoms with Crippen LogP contribution in [0, 0.1) is 0 Å². The fourth-order valence-corrected chi connectivity index (χ4v) is 2.90. The van der Waals surface area contributed by atoms with Crippen LogP contribution >= 0.6 is 47.8 Å². The average Bonchev–Trinajstić information content (AvgIpc) is 2.24. The van der Waals surface area contributed by atoms with E-state index in [1.54, 1.807) is 0 Å². The van der Waals surface area contributed by atoms with E-state index in [4.69, 9.17) is 5.11 Å². The Bertz CT molecular complexity index is 523. The Morgan fingerprint density at radius 1 is 0.867 bits per heavy atom. The fraction of sp³-hybridized carbons (Fsp3) is 0.0909. The number of halogens is 3. The number of rotatable bonds is 1. The molecule has 0 saturated carbocycles. The van der Waals surface area contributed by atoms with Gasteiger partial charge in [-0.05, 0) is 70.2 Å². The Morgan fingerprint density at radius 3 is 2.13 bits per heavy atom.